The van der Waals surface area contributed by atoms with Crippen LogP contribution in [0.25, 0.3) is 0 Å². The van der Waals surface area contributed by atoms with Gasteiger partial charge in [0.05, 0.1) is 6.10 Å². The van der Waals surface area contributed by atoms with Crippen molar-refractivity contribution in [1.82, 2.24) is 0 Å². The van der Waals surface area contributed by atoms with E-state index in [9.17, 15) is 9.90 Å². The van der Waals surface area contributed by atoms with Gasteiger partial charge in [0.2, 0.25) is 0 Å². The maximum absolute atomic E-state index is 10.9. The first kappa shape index (κ1) is 9.60. The summed E-state index contributed by atoms with van der Waals surface area (Å²) < 4.78 is 0. The van der Waals surface area contributed by atoms with Crippen molar-refractivity contribution in [2.45, 2.75) is 24.7 Å². The molecule has 70 valence electrons. The Balaban J connectivity index is 2.70. The number of carbonyl (C=O) groups excluding carboxylic acids is 1. The van der Waals surface area contributed by atoms with Crippen LogP contribution in [0.4, 0.5) is 0 Å². The summed E-state index contributed by atoms with van der Waals surface area (Å²) in [6, 6.07) is 0. The van der Waals surface area contributed by atoms with Crippen LogP contribution in [0.3, 0.4) is 0 Å². The van der Waals surface area contributed by atoms with Gasteiger partial charge in [0, 0.05) is 18.9 Å². The first-order valence-electron chi connectivity index (χ1n) is 3.75. The number of hydrogen-bond donors (Lipinski definition) is 4. The number of hydrogen-bond acceptors (Lipinski definition) is 5. The molecule has 1 fully saturated rings. The second-order valence-corrected chi connectivity index (χ2v) is 3.04. The molecule has 0 aromatic heterocycles. The van der Waals surface area contributed by atoms with Crippen LogP contribution in [0.2, 0.25) is 0 Å². The van der Waals surface area contributed by atoms with Crippen molar-refractivity contribution in [2.75, 3.05) is 6.61 Å². The molecule has 4 N–H and O–H groups in total. The second kappa shape index (κ2) is 3.49. The molecule has 0 radical (unpaired) electrons. The minimum atomic E-state index is -1.51. The Hall–Kier alpha value is -0.490. The molecule has 0 aliphatic heterocycles. The predicted octanol–water partition coefficient (Wildman–Crippen LogP) is -2.35. The molecule has 5 nitrogen and oxygen atoms in total. The van der Waals surface area contributed by atoms with Gasteiger partial charge >= 0.3 is 0 Å². The largest absolute Gasteiger partial charge is 0.396 e. The fourth-order valence-corrected chi connectivity index (χ4v) is 1.33. The molecule has 0 aromatic carbocycles. The van der Waals surface area contributed by atoms with Gasteiger partial charge in [-0.1, -0.05) is 0 Å². The summed E-state index contributed by atoms with van der Waals surface area (Å²) in [5, 5.41) is 36.0. The number of aliphatic hydroxyl groups is 4. The normalized spacial score (nSPS) is 43.2. The summed E-state index contributed by atoms with van der Waals surface area (Å²) in [4.78, 5) is 10.9. The molecule has 1 aliphatic rings. The van der Waals surface area contributed by atoms with E-state index in [4.69, 9.17) is 15.3 Å². The van der Waals surface area contributed by atoms with E-state index in [2.05, 4.69) is 0 Å². The average molecular weight is 176 g/mol. The maximum atomic E-state index is 10.9. The van der Waals surface area contributed by atoms with E-state index >= 15 is 0 Å². The van der Waals surface area contributed by atoms with E-state index in [1.807, 2.05) is 0 Å². The Morgan fingerprint density at radius 3 is 2.33 bits per heavy atom. The van der Waals surface area contributed by atoms with Gasteiger partial charge in [-0.05, 0) is 0 Å². The molecule has 5 heteroatoms. The smallest absolute Gasteiger partial charge is 0.164 e. The van der Waals surface area contributed by atoms with E-state index in [1.165, 1.54) is 0 Å². The van der Waals surface area contributed by atoms with Gasteiger partial charge in [0.25, 0.3) is 0 Å². The zero-order chi connectivity index (χ0) is 9.30. The standard InChI is InChI=1S/C7H12O5/c8-2-3-1-4(9)6(11)7(12)5(3)10/h3,5-8,10-12H,1-2H2/t3-,5+,6+,7+/m1/s1. The quantitative estimate of drug-likeness (QED) is 0.358. The lowest BCUT2D eigenvalue weighted by molar-refractivity contribution is -0.156. The summed E-state index contributed by atoms with van der Waals surface area (Å²) in [7, 11) is 0. The van der Waals surface area contributed by atoms with E-state index in [1.54, 1.807) is 0 Å². The molecule has 0 heterocycles. The SMILES string of the molecule is O=C1C[C@H](CO)[C@H](O)[C@H](O)[C@H]1O. The molecule has 0 unspecified atom stereocenters. The highest BCUT2D eigenvalue weighted by Crippen LogP contribution is 2.22. The van der Waals surface area contributed by atoms with Crippen LogP contribution >= 0.6 is 0 Å². The minimum absolute atomic E-state index is 0.0874. The topological polar surface area (TPSA) is 98.0 Å². The maximum Gasteiger partial charge on any atom is 0.164 e. The summed E-state index contributed by atoms with van der Waals surface area (Å²) in [5.41, 5.74) is 0. The van der Waals surface area contributed by atoms with Crippen LogP contribution < -0.4 is 0 Å². The summed E-state index contributed by atoms with van der Waals surface area (Å²) in [6.45, 7) is -0.364. The van der Waals surface area contributed by atoms with Crippen LogP contribution in [0, 0.1) is 5.92 Å². The van der Waals surface area contributed by atoms with Crippen molar-refractivity contribution < 1.29 is 25.2 Å². The molecule has 1 rings (SSSR count). The molecule has 1 aliphatic carbocycles. The van der Waals surface area contributed by atoms with Gasteiger partial charge < -0.3 is 20.4 Å². The molecule has 0 saturated heterocycles. The number of ketones is 1. The van der Waals surface area contributed by atoms with Crippen molar-refractivity contribution in [2.24, 2.45) is 5.92 Å². The summed E-state index contributed by atoms with van der Waals surface area (Å²) in [5.74, 6) is -1.19. The molecule has 0 spiro atoms. The first-order chi connectivity index (χ1) is 5.57. The predicted molar refractivity (Wildman–Crippen MR) is 38.2 cm³/mol. The van der Waals surface area contributed by atoms with Crippen molar-refractivity contribution in [3.63, 3.8) is 0 Å². The van der Waals surface area contributed by atoms with Gasteiger partial charge in [-0.25, -0.2) is 0 Å². The van der Waals surface area contributed by atoms with Crippen molar-refractivity contribution in [1.29, 1.82) is 0 Å². The Kier molecular flexibility index (Phi) is 2.79. The second-order valence-electron chi connectivity index (χ2n) is 3.04. The zero-order valence-corrected chi connectivity index (χ0v) is 6.42. The third-order valence-electron chi connectivity index (χ3n) is 2.18. The molecule has 4 atom stereocenters. The van der Waals surface area contributed by atoms with Crippen molar-refractivity contribution >= 4 is 5.78 Å². The molecule has 12 heavy (non-hydrogen) atoms. The summed E-state index contributed by atoms with van der Waals surface area (Å²) in [6.07, 6.45) is -4.29. The van der Waals surface area contributed by atoms with Gasteiger partial charge in [0.15, 0.2) is 5.78 Å². The van der Waals surface area contributed by atoms with Gasteiger partial charge in [0.1, 0.15) is 12.2 Å². The minimum Gasteiger partial charge on any atom is -0.396 e. The lowest BCUT2D eigenvalue weighted by Crippen LogP contribution is -2.52. The lowest BCUT2D eigenvalue weighted by Gasteiger charge is -2.32. The third-order valence-corrected chi connectivity index (χ3v) is 2.18. The highest BCUT2D eigenvalue weighted by molar-refractivity contribution is 5.84. The highest BCUT2D eigenvalue weighted by atomic mass is 16.4. The third kappa shape index (κ3) is 1.49. The fourth-order valence-electron chi connectivity index (χ4n) is 1.33. The fraction of sp³-hybridized carbons (Fsp3) is 0.857. The zero-order valence-electron chi connectivity index (χ0n) is 6.42. The van der Waals surface area contributed by atoms with E-state index < -0.39 is 30.0 Å². The monoisotopic (exact) mass is 176 g/mol. The Bertz CT molecular complexity index is 179. The van der Waals surface area contributed by atoms with Gasteiger partial charge in [-0.15, -0.1) is 0 Å². The van der Waals surface area contributed by atoms with Crippen LogP contribution in [0.1, 0.15) is 6.42 Å². The van der Waals surface area contributed by atoms with Crippen molar-refractivity contribution in [3.05, 3.63) is 0 Å². The van der Waals surface area contributed by atoms with E-state index in [0.717, 1.165) is 0 Å². The van der Waals surface area contributed by atoms with Gasteiger partial charge in [-0.3, -0.25) is 4.79 Å². The van der Waals surface area contributed by atoms with Crippen LogP contribution in [0.5, 0.6) is 0 Å². The number of aliphatic hydroxyl groups excluding tert-OH is 4. The Morgan fingerprint density at radius 1 is 1.25 bits per heavy atom. The van der Waals surface area contributed by atoms with Crippen LogP contribution in [-0.4, -0.2) is 51.1 Å². The number of rotatable bonds is 1. The molecule has 0 bridgehead atoms. The van der Waals surface area contributed by atoms with Gasteiger partial charge in [-0.2, -0.15) is 0 Å². The van der Waals surface area contributed by atoms with Crippen LogP contribution in [0.15, 0.2) is 0 Å². The average Bonchev–Trinajstić information content (AvgIpc) is 2.08. The van der Waals surface area contributed by atoms with Crippen molar-refractivity contribution in [3.8, 4) is 0 Å². The summed E-state index contributed by atoms with van der Waals surface area (Å²) >= 11 is 0. The Morgan fingerprint density at radius 2 is 1.83 bits per heavy atom. The van der Waals surface area contributed by atoms with Crippen LogP contribution in [-0.2, 0) is 4.79 Å². The molecule has 0 amide bonds. The number of carbonyl (C=O) groups is 1. The molecule has 0 aromatic rings. The lowest BCUT2D eigenvalue weighted by atomic mass is 9.82. The first-order valence-corrected chi connectivity index (χ1v) is 3.75. The Labute approximate surface area is 69.3 Å². The molecular weight excluding hydrogens is 164 g/mol. The molecule has 1 saturated carbocycles. The number of Topliss-reactive ketones (excluding diaryl/α,β-unsaturated/α-hetero) is 1. The van der Waals surface area contributed by atoms with E-state index in [-0.39, 0.29) is 13.0 Å². The molecular formula is C7H12O5. The highest BCUT2D eigenvalue weighted by Gasteiger charge is 2.41. The van der Waals surface area contributed by atoms with E-state index in [0.29, 0.717) is 0 Å².